The van der Waals surface area contributed by atoms with Crippen molar-refractivity contribution < 1.29 is 0 Å². The van der Waals surface area contributed by atoms with Gasteiger partial charge in [-0.2, -0.15) is 0 Å². The van der Waals surface area contributed by atoms with E-state index in [1.807, 2.05) is 0 Å². The number of hydrogen-bond donors (Lipinski definition) is 0. The van der Waals surface area contributed by atoms with Crippen LogP contribution in [-0.4, -0.2) is 6.71 Å². The molecule has 6 aromatic carbocycles. The summed E-state index contributed by atoms with van der Waals surface area (Å²) in [5.41, 5.74) is 21.4. The van der Waals surface area contributed by atoms with Crippen LogP contribution in [0.4, 0.5) is 0 Å². The van der Waals surface area contributed by atoms with Gasteiger partial charge < -0.3 is 0 Å². The Morgan fingerprint density at radius 3 is 1.24 bits per heavy atom. The molecule has 0 amide bonds. The molecule has 2 atom stereocenters. The van der Waals surface area contributed by atoms with Gasteiger partial charge in [0.25, 0.3) is 0 Å². The predicted octanol–water partition coefficient (Wildman–Crippen LogP) is 11.9. The molecule has 7 rings (SSSR count). The summed E-state index contributed by atoms with van der Waals surface area (Å²) in [7, 11) is 0. The molecule has 0 N–H and O–H groups in total. The fraction of sp³-hybridized carbons (Fsp3) is 0.184. The van der Waals surface area contributed by atoms with Gasteiger partial charge in [-0.25, -0.2) is 0 Å². The Morgan fingerprint density at radius 2 is 0.800 bits per heavy atom. The summed E-state index contributed by atoms with van der Waals surface area (Å²) in [6.07, 6.45) is 4.98. The molecule has 0 radical (unpaired) electrons. The van der Waals surface area contributed by atoms with Crippen LogP contribution >= 0.6 is 0 Å². The largest absolute Gasteiger partial charge is 0.218 e. The quantitative estimate of drug-likeness (QED) is 0.151. The van der Waals surface area contributed by atoms with Crippen molar-refractivity contribution >= 4 is 23.2 Å². The second kappa shape index (κ2) is 14.0. The maximum Gasteiger partial charge on any atom is 0.218 e. The van der Waals surface area contributed by atoms with Crippen molar-refractivity contribution in [2.75, 3.05) is 0 Å². The minimum absolute atomic E-state index is 0.245. The van der Waals surface area contributed by atoms with Crippen LogP contribution in [0, 0.1) is 40.5 Å². The highest BCUT2D eigenvalue weighted by atomic mass is 14.3. The highest BCUT2D eigenvalue weighted by molar-refractivity contribution is 6.88. The van der Waals surface area contributed by atoms with Crippen molar-refractivity contribution in [3.8, 4) is 33.4 Å². The van der Waals surface area contributed by atoms with Gasteiger partial charge in [-0.3, -0.25) is 0 Å². The maximum absolute atomic E-state index is 2.52. The van der Waals surface area contributed by atoms with E-state index in [-0.39, 0.29) is 6.71 Å². The summed E-state index contributed by atoms with van der Waals surface area (Å²) in [5.74, 6) is 0.703. The van der Waals surface area contributed by atoms with E-state index in [0.717, 1.165) is 0 Å². The summed E-state index contributed by atoms with van der Waals surface area (Å²) < 4.78 is 0. The first-order valence-electron chi connectivity index (χ1n) is 18.1. The van der Waals surface area contributed by atoms with Crippen LogP contribution < -0.4 is 10.9 Å². The third kappa shape index (κ3) is 6.58. The highest BCUT2D eigenvalue weighted by Crippen LogP contribution is 2.40. The van der Waals surface area contributed by atoms with Gasteiger partial charge in [-0.1, -0.05) is 197 Å². The molecule has 0 saturated carbocycles. The van der Waals surface area contributed by atoms with Crippen molar-refractivity contribution in [2.45, 2.75) is 54.3 Å². The zero-order valence-electron chi connectivity index (χ0n) is 30.6. The van der Waals surface area contributed by atoms with Gasteiger partial charge in [-0.05, 0) is 97.8 Å². The summed E-state index contributed by atoms with van der Waals surface area (Å²) in [4.78, 5) is 0. The second-order valence-electron chi connectivity index (χ2n) is 14.6. The maximum atomic E-state index is 2.52. The van der Waals surface area contributed by atoms with Crippen LogP contribution in [0.2, 0.25) is 5.82 Å². The monoisotopic (exact) mass is 646 g/mol. The van der Waals surface area contributed by atoms with Crippen molar-refractivity contribution in [2.24, 2.45) is 5.92 Å². The number of aryl methyl sites for hydroxylation is 5. The molecule has 0 fully saturated rings. The van der Waals surface area contributed by atoms with E-state index in [4.69, 9.17) is 0 Å². The second-order valence-corrected chi connectivity index (χ2v) is 14.6. The predicted molar refractivity (Wildman–Crippen MR) is 219 cm³/mol. The normalized spacial score (nSPS) is 15.7. The molecule has 0 aliphatic heterocycles. The lowest BCUT2D eigenvalue weighted by molar-refractivity contribution is 0.699. The van der Waals surface area contributed by atoms with Crippen LogP contribution in [0.5, 0.6) is 0 Å². The van der Waals surface area contributed by atoms with E-state index in [1.54, 1.807) is 0 Å². The zero-order chi connectivity index (χ0) is 34.9. The van der Waals surface area contributed by atoms with Crippen LogP contribution in [0.15, 0.2) is 151 Å². The van der Waals surface area contributed by atoms with E-state index < -0.39 is 0 Å². The molecule has 1 aliphatic carbocycles. The van der Waals surface area contributed by atoms with Gasteiger partial charge in [-0.15, -0.1) is 0 Å². The fourth-order valence-electron chi connectivity index (χ4n) is 8.73. The molecule has 0 nitrogen and oxygen atoms in total. The van der Waals surface area contributed by atoms with Gasteiger partial charge in [0.1, 0.15) is 0 Å². The third-order valence-corrected chi connectivity index (χ3v) is 10.9. The first kappa shape index (κ1) is 33.4. The first-order chi connectivity index (χ1) is 24.2. The van der Waals surface area contributed by atoms with E-state index in [1.165, 1.54) is 88.8 Å². The van der Waals surface area contributed by atoms with E-state index >= 15 is 0 Å². The Morgan fingerprint density at radius 1 is 0.420 bits per heavy atom. The number of hydrogen-bond acceptors (Lipinski definition) is 0. The van der Waals surface area contributed by atoms with Crippen LogP contribution in [0.3, 0.4) is 0 Å². The summed E-state index contributed by atoms with van der Waals surface area (Å²) in [6, 6.07) is 49.0. The molecule has 0 heterocycles. The number of benzene rings is 6. The lowest BCUT2D eigenvalue weighted by atomic mass is 9.28. The molecule has 2 unspecified atom stereocenters. The summed E-state index contributed by atoms with van der Waals surface area (Å²) in [6.45, 7) is 16.6. The third-order valence-electron chi connectivity index (χ3n) is 10.9. The Balaban J connectivity index is 1.27. The molecular weight excluding hydrogens is 599 g/mol. The molecule has 246 valence electrons. The zero-order valence-corrected chi connectivity index (χ0v) is 30.6. The summed E-state index contributed by atoms with van der Waals surface area (Å²) in [5, 5.41) is 0. The number of rotatable bonds is 7. The lowest BCUT2D eigenvalue weighted by Crippen LogP contribution is -2.52. The van der Waals surface area contributed by atoms with Gasteiger partial charge >= 0.3 is 0 Å². The van der Waals surface area contributed by atoms with Gasteiger partial charge in [0.05, 0.1) is 0 Å². The first-order valence-corrected chi connectivity index (χ1v) is 18.1. The Bertz CT molecular complexity index is 2150. The Labute approximate surface area is 300 Å². The van der Waals surface area contributed by atoms with Gasteiger partial charge in [0.15, 0.2) is 0 Å². The lowest BCUT2D eigenvalue weighted by Gasteiger charge is -2.36. The highest BCUT2D eigenvalue weighted by Gasteiger charge is 2.38. The SMILES string of the molecule is CC1=CC(c2ccc(-c3ccccc3)cc2)=CC(C)C1B(c1c(C)cc(C)cc1C)c1c(C)cc(-c2ccc(-c3ccccc3)cc2)cc1C. The van der Waals surface area contributed by atoms with Gasteiger partial charge in [0.2, 0.25) is 6.71 Å². The fourth-order valence-corrected chi connectivity index (χ4v) is 8.73. The van der Waals surface area contributed by atoms with Crippen molar-refractivity contribution in [1.82, 2.24) is 0 Å². The van der Waals surface area contributed by atoms with Crippen molar-refractivity contribution in [3.63, 3.8) is 0 Å². The molecule has 0 aromatic heterocycles. The van der Waals surface area contributed by atoms with Crippen molar-refractivity contribution in [3.05, 3.63) is 185 Å². The molecule has 6 aromatic rings. The molecule has 1 heteroatoms. The minimum Gasteiger partial charge on any atom is -0.0755 e. The van der Waals surface area contributed by atoms with E-state index in [0.29, 0.717) is 11.7 Å². The molecule has 0 saturated heterocycles. The molecule has 50 heavy (non-hydrogen) atoms. The molecular formula is C49H47B. The standard InChI is InChI=1S/C49H47B/c1-32-26-33(2)47(34(3)27-32)50(48-35(4)28-45(29-36(48)5)43-22-18-41(19-23-43)39-14-10-8-11-15-39)49-37(6)30-46(31-38(49)7)44-24-20-42(21-25-44)40-16-12-9-13-17-40/h8-31,35,48H,1-7H3. The van der Waals surface area contributed by atoms with Crippen LogP contribution in [0.25, 0.3) is 39.0 Å². The Kier molecular flexibility index (Phi) is 9.34. The van der Waals surface area contributed by atoms with Crippen molar-refractivity contribution in [1.29, 1.82) is 0 Å². The molecule has 1 aliphatic rings. The van der Waals surface area contributed by atoms with E-state index in [9.17, 15) is 0 Å². The Hall–Kier alpha value is -5.14. The van der Waals surface area contributed by atoms with Crippen LogP contribution in [-0.2, 0) is 0 Å². The van der Waals surface area contributed by atoms with Crippen LogP contribution in [0.1, 0.15) is 47.2 Å². The average Bonchev–Trinajstić information content (AvgIpc) is 3.11. The summed E-state index contributed by atoms with van der Waals surface area (Å²) >= 11 is 0. The number of allylic oxidation sites excluding steroid dienone is 4. The average molecular weight is 647 g/mol. The van der Waals surface area contributed by atoms with Gasteiger partial charge in [0, 0.05) is 0 Å². The van der Waals surface area contributed by atoms with E-state index in [2.05, 4.69) is 194 Å². The minimum atomic E-state index is 0.245. The topological polar surface area (TPSA) is 0 Å². The molecule has 0 bridgehead atoms. The molecule has 0 spiro atoms. The smallest absolute Gasteiger partial charge is 0.0755 e.